The molecule has 26 heavy (non-hydrogen) atoms. The molecule has 1 aromatic carbocycles. The Balaban J connectivity index is 1.24. The molecule has 0 radical (unpaired) electrons. The molecule has 1 heterocycles. The standard InChI is InChI=1S/C22H32N2OS/c1-26-19-9-7-18(8-10-19)23-21(25)20-15-22(20)11-13-24(14-12-22)16-17-5-3-2-4-6-17/h7-10,17,20H,2-6,11-16H2,1H3,(H,23,25). The number of rotatable bonds is 5. The number of amides is 1. The highest BCUT2D eigenvalue weighted by molar-refractivity contribution is 7.98. The van der Waals surface area contributed by atoms with E-state index >= 15 is 0 Å². The highest BCUT2D eigenvalue weighted by Gasteiger charge is 2.58. The number of piperidine rings is 1. The number of carbonyl (C=O) groups excluding carboxylic acids is 1. The number of thioether (sulfide) groups is 1. The number of nitrogens with zero attached hydrogens (tertiary/aromatic N) is 1. The van der Waals surface area contributed by atoms with E-state index in [1.54, 1.807) is 11.8 Å². The third kappa shape index (κ3) is 4.12. The summed E-state index contributed by atoms with van der Waals surface area (Å²) in [5.41, 5.74) is 1.25. The van der Waals surface area contributed by atoms with Crippen LogP contribution in [0.5, 0.6) is 0 Å². The van der Waals surface area contributed by atoms with E-state index in [1.807, 2.05) is 12.1 Å². The zero-order valence-corrected chi connectivity index (χ0v) is 16.8. The minimum atomic E-state index is 0.236. The number of anilines is 1. The van der Waals surface area contributed by atoms with E-state index in [2.05, 4.69) is 28.6 Å². The van der Waals surface area contributed by atoms with Gasteiger partial charge in [-0.15, -0.1) is 11.8 Å². The van der Waals surface area contributed by atoms with E-state index in [1.165, 1.54) is 69.5 Å². The molecular formula is C22H32N2OS. The molecule has 1 saturated heterocycles. The third-order valence-corrected chi connectivity index (χ3v) is 7.70. The number of hydrogen-bond acceptors (Lipinski definition) is 3. The average molecular weight is 373 g/mol. The molecule has 1 aliphatic heterocycles. The minimum Gasteiger partial charge on any atom is -0.326 e. The van der Waals surface area contributed by atoms with Crippen LogP contribution in [0.15, 0.2) is 29.2 Å². The second kappa shape index (κ2) is 7.93. The van der Waals surface area contributed by atoms with E-state index in [9.17, 15) is 4.79 Å². The fourth-order valence-electron chi connectivity index (χ4n) is 5.09. The number of likely N-dealkylation sites (tertiary alicyclic amines) is 1. The van der Waals surface area contributed by atoms with Crippen molar-refractivity contribution >= 4 is 23.4 Å². The second-order valence-corrected chi connectivity index (χ2v) is 9.52. The average Bonchev–Trinajstić information content (AvgIpc) is 3.39. The Hall–Kier alpha value is -1.00. The van der Waals surface area contributed by atoms with Gasteiger partial charge >= 0.3 is 0 Å². The van der Waals surface area contributed by atoms with Gasteiger partial charge in [-0.05, 0) is 87.0 Å². The summed E-state index contributed by atoms with van der Waals surface area (Å²) in [6.07, 6.45) is 12.8. The largest absolute Gasteiger partial charge is 0.326 e. The van der Waals surface area contributed by atoms with Crippen molar-refractivity contribution in [3.05, 3.63) is 24.3 Å². The normalized spacial score (nSPS) is 26.0. The molecule has 1 N–H and O–H groups in total. The van der Waals surface area contributed by atoms with Crippen molar-refractivity contribution in [1.82, 2.24) is 4.90 Å². The number of benzene rings is 1. The van der Waals surface area contributed by atoms with Crippen molar-refractivity contribution in [2.75, 3.05) is 31.2 Å². The van der Waals surface area contributed by atoms with Gasteiger partial charge in [-0.1, -0.05) is 19.3 Å². The van der Waals surface area contributed by atoms with Crippen molar-refractivity contribution in [3.63, 3.8) is 0 Å². The fourth-order valence-corrected chi connectivity index (χ4v) is 5.50. The first kappa shape index (κ1) is 18.4. The van der Waals surface area contributed by atoms with E-state index in [-0.39, 0.29) is 11.8 Å². The highest BCUT2D eigenvalue weighted by atomic mass is 32.2. The summed E-state index contributed by atoms with van der Waals surface area (Å²) < 4.78 is 0. The van der Waals surface area contributed by atoms with Crippen LogP contribution in [0.2, 0.25) is 0 Å². The Labute approximate surface area is 162 Å². The molecule has 1 amide bonds. The lowest BCUT2D eigenvalue weighted by Crippen LogP contribution is -2.39. The van der Waals surface area contributed by atoms with Crippen LogP contribution in [0.4, 0.5) is 5.69 Å². The first-order valence-electron chi connectivity index (χ1n) is 10.4. The Morgan fingerprint density at radius 3 is 2.50 bits per heavy atom. The summed E-state index contributed by atoms with van der Waals surface area (Å²) >= 11 is 1.73. The van der Waals surface area contributed by atoms with Crippen molar-refractivity contribution < 1.29 is 4.79 Å². The smallest absolute Gasteiger partial charge is 0.228 e. The van der Waals surface area contributed by atoms with Crippen molar-refractivity contribution in [2.24, 2.45) is 17.3 Å². The van der Waals surface area contributed by atoms with Crippen LogP contribution >= 0.6 is 11.8 Å². The van der Waals surface area contributed by atoms with Gasteiger partial charge in [0.1, 0.15) is 0 Å². The number of hydrogen-bond donors (Lipinski definition) is 1. The molecule has 4 rings (SSSR count). The minimum absolute atomic E-state index is 0.236. The van der Waals surface area contributed by atoms with Gasteiger partial charge in [0.05, 0.1) is 0 Å². The first-order valence-corrected chi connectivity index (χ1v) is 11.6. The fraction of sp³-hybridized carbons (Fsp3) is 0.682. The van der Waals surface area contributed by atoms with Crippen LogP contribution in [0.25, 0.3) is 0 Å². The maximum Gasteiger partial charge on any atom is 0.228 e. The van der Waals surface area contributed by atoms with Crippen LogP contribution in [0, 0.1) is 17.3 Å². The van der Waals surface area contributed by atoms with E-state index in [0.717, 1.165) is 18.0 Å². The SMILES string of the molecule is CSc1ccc(NC(=O)C2CC23CCN(CC2CCCCC2)CC3)cc1. The zero-order valence-electron chi connectivity index (χ0n) is 16.0. The van der Waals surface area contributed by atoms with Crippen LogP contribution < -0.4 is 5.32 Å². The quantitative estimate of drug-likeness (QED) is 0.736. The topological polar surface area (TPSA) is 32.3 Å². The molecule has 1 atom stereocenters. The molecular weight excluding hydrogens is 340 g/mol. The van der Waals surface area contributed by atoms with E-state index in [4.69, 9.17) is 0 Å². The summed E-state index contributed by atoms with van der Waals surface area (Å²) in [6, 6.07) is 8.19. The molecule has 3 aliphatic rings. The Morgan fingerprint density at radius 2 is 1.85 bits per heavy atom. The third-order valence-electron chi connectivity index (χ3n) is 6.96. The second-order valence-electron chi connectivity index (χ2n) is 8.64. The molecule has 1 unspecified atom stereocenters. The first-order chi connectivity index (χ1) is 12.7. The van der Waals surface area contributed by atoms with Gasteiger partial charge in [0.25, 0.3) is 0 Å². The van der Waals surface area contributed by atoms with Crippen molar-refractivity contribution in [2.45, 2.75) is 56.3 Å². The predicted octanol–water partition coefficient (Wildman–Crippen LogP) is 5.03. The van der Waals surface area contributed by atoms with E-state index in [0.29, 0.717) is 5.41 Å². The van der Waals surface area contributed by atoms with Crippen molar-refractivity contribution in [1.29, 1.82) is 0 Å². The summed E-state index contributed by atoms with van der Waals surface area (Å²) in [4.78, 5) is 16.6. The van der Waals surface area contributed by atoms with E-state index < -0.39 is 0 Å². The summed E-state index contributed by atoms with van der Waals surface area (Å²) in [5, 5.41) is 3.14. The maximum absolute atomic E-state index is 12.7. The number of carbonyl (C=O) groups is 1. The van der Waals surface area contributed by atoms with Gasteiger partial charge in [-0.2, -0.15) is 0 Å². The Bertz CT molecular complexity index is 616. The predicted molar refractivity (Wildman–Crippen MR) is 110 cm³/mol. The lowest BCUT2D eigenvalue weighted by molar-refractivity contribution is -0.118. The molecule has 3 nitrogen and oxygen atoms in total. The molecule has 142 valence electrons. The molecule has 1 spiro atoms. The summed E-state index contributed by atoms with van der Waals surface area (Å²) in [6.45, 7) is 3.69. The zero-order chi connectivity index (χ0) is 18.0. The lowest BCUT2D eigenvalue weighted by atomic mass is 9.86. The molecule has 0 bridgehead atoms. The lowest BCUT2D eigenvalue weighted by Gasteiger charge is -2.36. The van der Waals surface area contributed by atoms with Gasteiger partial charge in [0.15, 0.2) is 0 Å². The molecule has 1 aromatic rings. The molecule has 0 aromatic heterocycles. The highest BCUT2D eigenvalue weighted by Crippen LogP contribution is 2.59. The van der Waals surface area contributed by atoms with Crippen LogP contribution in [0.1, 0.15) is 51.4 Å². The van der Waals surface area contributed by atoms with Gasteiger partial charge in [-0.25, -0.2) is 0 Å². The van der Waals surface area contributed by atoms with Crippen LogP contribution in [-0.4, -0.2) is 36.7 Å². The van der Waals surface area contributed by atoms with Gasteiger partial charge in [-0.3, -0.25) is 4.79 Å². The van der Waals surface area contributed by atoms with Crippen molar-refractivity contribution in [3.8, 4) is 0 Å². The molecule has 4 heteroatoms. The maximum atomic E-state index is 12.7. The molecule has 2 aliphatic carbocycles. The Morgan fingerprint density at radius 1 is 1.15 bits per heavy atom. The van der Waals surface area contributed by atoms with Gasteiger partial charge < -0.3 is 10.2 Å². The van der Waals surface area contributed by atoms with Gasteiger partial charge in [0, 0.05) is 23.0 Å². The number of nitrogens with one attached hydrogen (secondary N) is 1. The van der Waals surface area contributed by atoms with Crippen LogP contribution in [-0.2, 0) is 4.79 Å². The van der Waals surface area contributed by atoms with Gasteiger partial charge in [0.2, 0.25) is 5.91 Å². The molecule has 3 fully saturated rings. The molecule has 2 saturated carbocycles. The monoisotopic (exact) mass is 372 g/mol. The Kier molecular flexibility index (Phi) is 5.61. The summed E-state index contributed by atoms with van der Waals surface area (Å²) in [7, 11) is 0. The summed E-state index contributed by atoms with van der Waals surface area (Å²) in [5.74, 6) is 1.41. The van der Waals surface area contributed by atoms with Crippen LogP contribution in [0.3, 0.4) is 0 Å².